The molecule has 0 radical (unpaired) electrons. The van der Waals surface area contributed by atoms with Crippen molar-refractivity contribution >= 4 is 11.7 Å². The molecule has 0 saturated heterocycles. The molecule has 3 rings (SSSR count). The molecule has 1 aliphatic heterocycles. The van der Waals surface area contributed by atoms with Gasteiger partial charge >= 0.3 is 0 Å². The van der Waals surface area contributed by atoms with Gasteiger partial charge in [0.05, 0.1) is 5.69 Å². The van der Waals surface area contributed by atoms with E-state index in [4.69, 9.17) is 0 Å². The number of hydrogen-bond donors (Lipinski definition) is 3. The second kappa shape index (κ2) is 3.90. The molecule has 0 aromatic carbocycles. The summed E-state index contributed by atoms with van der Waals surface area (Å²) in [5.41, 5.74) is 2.22. The lowest BCUT2D eigenvalue weighted by atomic mass is 10.1. The second-order valence-electron chi connectivity index (χ2n) is 4.60. The van der Waals surface area contributed by atoms with E-state index in [1.165, 1.54) is 12.8 Å². The van der Waals surface area contributed by atoms with E-state index in [1.807, 2.05) is 0 Å². The molecule has 16 heavy (non-hydrogen) atoms. The molecule has 0 bridgehead atoms. The third-order valence-electron chi connectivity index (χ3n) is 3.52. The van der Waals surface area contributed by atoms with Gasteiger partial charge in [-0.15, -0.1) is 0 Å². The van der Waals surface area contributed by atoms with E-state index >= 15 is 0 Å². The van der Waals surface area contributed by atoms with Crippen molar-refractivity contribution in [3.63, 3.8) is 0 Å². The first kappa shape index (κ1) is 9.84. The van der Waals surface area contributed by atoms with Gasteiger partial charge in [-0.25, -0.2) is 0 Å². The average Bonchev–Trinajstić information content (AvgIpc) is 2.94. The van der Waals surface area contributed by atoms with Gasteiger partial charge < -0.3 is 10.6 Å². The fraction of sp³-hybridized carbons (Fsp3) is 0.636. The van der Waals surface area contributed by atoms with Gasteiger partial charge in [0, 0.05) is 24.6 Å². The number of H-pyrrole nitrogens is 1. The topological polar surface area (TPSA) is 69.8 Å². The molecule has 3 N–H and O–H groups in total. The van der Waals surface area contributed by atoms with Crippen molar-refractivity contribution in [2.75, 3.05) is 5.32 Å². The number of hydrogen-bond acceptors (Lipinski definition) is 3. The van der Waals surface area contributed by atoms with Crippen molar-refractivity contribution in [2.45, 2.75) is 38.8 Å². The molecule has 5 heteroatoms. The molecule has 1 saturated carbocycles. The maximum Gasteiger partial charge on any atom is 0.228 e. The Morgan fingerprint density at radius 1 is 1.31 bits per heavy atom. The van der Waals surface area contributed by atoms with Gasteiger partial charge in [0.2, 0.25) is 5.91 Å². The highest BCUT2D eigenvalue weighted by Crippen LogP contribution is 2.27. The Morgan fingerprint density at radius 3 is 2.94 bits per heavy atom. The van der Waals surface area contributed by atoms with Crippen LogP contribution in [-0.2, 0) is 17.9 Å². The minimum atomic E-state index is 0.138. The largest absolute Gasteiger partial charge is 0.309 e. The summed E-state index contributed by atoms with van der Waals surface area (Å²) in [5.74, 6) is 1.05. The number of aromatic amines is 1. The van der Waals surface area contributed by atoms with E-state index in [-0.39, 0.29) is 11.8 Å². The molecule has 2 heterocycles. The highest BCUT2D eigenvalue weighted by atomic mass is 16.2. The summed E-state index contributed by atoms with van der Waals surface area (Å²) in [6, 6.07) is 0. The molecule has 1 aromatic rings. The Bertz CT molecular complexity index is 406. The molecule has 0 atom stereocenters. The summed E-state index contributed by atoms with van der Waals surface area (Å²) in [6.45, 7) is 1.62. The quantitative estimate of drug-likeness (QED) is 0.700. The Morgan fingerprint density at radius 2 is 2.12 bits per heavy atom. The molecule has 1 fully saturated rings. The first-order valence-corrected chi connectivity index (χ1v) is 5.92. The van der Waals surface area contributed by atoms with Crippen LogP contribution in [0.5, 0.6) is 0 Å². The van der Waals surface area contributed by atoms with Gasteiger partial charge in [0.15, 0.2) is 5.82 Å². The summed E-state index contributed by atoms with van der Waals surface area (Å²) in [6.07, 6.45) is 4.41. The molecule has 1 aliphatic carbocycles. The van der Waals surface area contributed by atoms with Crippen molar-refractivity contribution in [3.8, 4) is 0 Å². The van der Waals surface area contributed by atoms with Gasteiger partial charge in [-0.3, -0.25) is 9.89 Å². The standard InChI is InChI=1S/C11H16N4O/c16-11(7-3-1-2-4-7)13-10-8-5-12-6-9(8)14-15-10/h7,12H,1-6H2,(H2,13,14,15,16). The lowest BCUT2D eigenvalue weighted by Crippen LogP contribution is -2.21. The van der Waals surface area contributed by atoms with Crippen LogP contribution >= 0.6 is 0 Å². The maximum absolute atomic E-state index is 11.9. The smallest absolute Gasteiger partial charge is 0.228 e. The summed E-state index contributed by atoms with van der Waals surface area (Å²) in [5, 5.41) is 13.3. The first-order chi connectivity index (χ1) is 7.84. The minimum absolute atomic E-state index is 0.138. The summed E-state index contributed by atoms with van der Waals surface area (Å²) < 4.78 is 0. The zero-order valence-electron chi connectivity index (χ0n) is 9.18. The van der Waals surface area contributed by atoms with Crippen LogP contribution in [0.3, 0.4) is 0 Å². The second-order valence-corrected chi connectivity index (χ2v) is 4.60. The Hall–Kier alpha value is -1.36. The Labute approximate surface area is 94.0 Å². The van der Waals surface area contributed by atoms with Crippen molar-refractivity contribution in [3.05, 3.63) is 11.3 Å². The van der Waals surface area contributed by atoms with Crippen LogP contribution in [-0.4, -0.2) is 16.1 Å². The van der Waals surface area contributed by atoms with Crippen molar-refractivity contribution in [2.24, 2.45) is 5.92 Å². The lowest BCUT2D eigenvalue weighted by Gasteiger charge is -2.08. The Balaban J connectivity index is 1.71. The number of rotatable bonds is 2. The van der Waals surface area contributed by atoms with Crippen LogP contribution in [0.4, 0.5) is 5.82 Å². The normalized spacial score (nSPS) is 20.0. The number of anilines is 1. The van der Waals surface area contributed by atoms with Gasteiger partial charge in [0.25, 0.3) is 0 Å². The average molecular weight is 220 g/mol. The fourth-order valence-electron chi connectivity index (χ4n) is 2.56. The van der Waals surface area contributed by atoms with Crippen LogP contribution in [0.15, 0.2) is 0 Å². The van der Waals surface area contributed by atoms with Gasteiger partial charge in [-0.2, -0.15) is 5.10 Å². The van der Waals surface area contributed by atoms with E-state index in [0.29, 0.717) is 0 Å². The first-order valence-electron chi connectivity index (χ1n) is 5.92. The SMILES string of the molecule is O=C(Nc1n[nH]c2c1CNC2)C1CCCC1. The molecule has 1 aromatic heterocycles. The van der Waals surface area contributed by atoms with Crippen molar-refractivity contribution in [1.29, 1.82) is 0 Å². The summed E-state index contributed by atoms with van der Waals surface area (Å²) >= 11 is 0. The van der Waals surface area contributed by atoms with Crippen LogP contribution in [0.2, 0.25) is 0 Å². The third kappa shape index (κ3) is 1.61. The Kier molecular flexibility index (Phi) is 2.40. The van der Waals surface area contributed by atoms with E-state index < -0.39 is 0 Å². The number of carbonyl (C=O) groups excluding carboxylic acids is 1. The number of amides is 1. The third-order valence-corrected chi connectivity index (χ3v) is 3.52. The molecule has 1 amide bonds. The summed E-state index contributed by atoms with van der Waals surface area (Å²) in [7, 11) is 0. The zero-order valence-corrected chi connectivity index (χ0v) is 9.18. The van der Waals surface area contributed by atoms with Crippen molar-refractivity contribution in [1.82, 2.24) is 15.5 Å². The number of fused-ring (bicyclic) bond motifs is 1. The molecular weight excluding hydrogens is 204 g/mol. The molecule has 86 valence electrons. The number of carbonyl (C=O) groups is 1. The molecule has 5 nitrogen and oxygen atoms in total. The molecule has 0 spiro atoms. The van der Waals surface area contributed by atoms with E-state index in [9.17, 15) is 4.79 Å². The number of nitrogens with one attached hydrogen (secondary N) is 3. The van der Waals surface area contributed by atoms with Crippen molar-refractivity contribution < 1.29 is 4.79 Å². The highest BCUT2D eigenvalue weighted by Gasteiger charge is 2.25. The maximum atomic E-state index is 11.9. The van der Waals surface area contributed by atoms with Gasteiger partial charge in [-0.1, -0.05) is 12.8 Å². The zero-order chi connectivity index (χ0) is 11.0. The minimum Gasteiger partial charge on any atom is -0.309 e. The van der Waals surface area contributed by atoms with Crippen LogP contribution < -0.4 is 10.6 Å². The van der Waals surface area contributed by atoms with E-state index in [0.717, 1.165) is 43.0 Å². The predicted molar refractivity (Wildman–Crippen MR) is 59.7 cm³/mol. The van der Waals surface area contributed by atoms with Crippen LogP contribution in [0, 0.1) is 5.92 Å². The number of nitrogens with zero attached hydrogens (tertiary/aromatic N) is 1. The van der Waals surface area contributed by atoms with Gasteiger partial charge in [0.1, 0.15) is 0 Å². The van der Waals surface area contributed by atoms with Crippen LogP contribution in [0.1, 0.15) is 36.9 Å². The summed E-state index contributed by atoms with van der Waals surface area (Å²) in [4.78, 5) is 11.9. The highest BCUT2D eigenvalue weighted by molar-refractivity contribution is 5.92. The monoisotopic (exact) mass is 220 g/mol. The van der Waals surface area contributed by atoms with Gasteiger partial charge in [-0.05, 0) is 12.8 Å². The predicted octanol–water partition coefficient (Wildman–Crippen LogP) is 1.14. The molecular formula is C11H16N4O. The molecule has 2 aliphatic rings. The number of aromatic nitrogens is 2. The van der Waals surface area contributed by atoms with E-state index in [1.54, 1.807) is 0 Å². The fourth-order valence-corrected chi connectivity index (χ4v) is 2.56. The molecule has 0 unspecified atom stereocenters. The lowest BCUT2D eigenvalue weighted by molar-refractivity contribution is -0.119. The van der Waals surface area contributed by atoms with E-state index in [2.05, 4.69) is 20.8 Å². The van der Waals surface area contributed by atoms with Crippen LogP contribution in [0.25, 0.3) is 0 Å².